The third-order valence-electron chi connectivity index (χ3n) is 4.60. The Morgan fingerprint density at radius 1 is 1.26 bits per heavy atom. The van der Waals surface area contributed by atoms with E-state index < -0.39 is 0 Å². The maximum Gasteiger partial charge on any atom is 0.225 e. The van der Waals surface area contributed by atoms with Gasteiger partial charge in [0.15, 0.2) is 5.96 Å². The molecule has 1 heterocycles. The number of hydrogen-bond acceptors (Lipinski definition) is 3. The van der Waals surface area contributed by atoms with E-state index in [2.05, 4.69) is 22.5 Å². The quantitative estimate of drug-likeness (QED) is 0.422. The van der Waals surface area contributed by atoms with Gasteiger partial charge in [0.05, 0.1) is 13.2 Å². The lowest BCUT2D eigenvalue weighted by molar-refractivity contribution is -0.134. The summed E-state index contributed by atoms with van der Waals surface area (Å²) in [6.07, 6.45) is 5.57. The van der Waals surface area contributed by atoms with Gasteiger partial charge in [0.1, 0.15) is 0 Å². The van der Waals surface area contributed by atoms with Crippen molar-refractivity contribution in [2.45, 2.75) is 52.0 Å². The highest BCUT2D eigenvalue weighted by atomic mass is 16.5. The minimum Gasteiger partial charge on any atom is -0.380 e. The van der Waals surface area contributed by atoms with Gasteiger partial charge in [0, 0.05) is 38.2 Å². The highest BCUT2D eigenvalue weighted by molar-refractivity contribution is 5.81. The summed E-state index contributed by atoms with van der Waals surface area (Å²) in [6, 6.07) is 0.297. The minimum atomic E-state index is 0.279. The maximum atomic E-state index is 12.5. The first-order valence-corrected chi connectivity index (χ1v) is 9.16. The average Bonchev–Trinajstić information content (AvgIpc) is 3.22. The normalized spacial score (nSPS) is 22.6. The summed E-state index contributed by atoms with van der Waals surface area (Å²) in [5, 5.41) is 6.72. The molecule has 1 aliphatic heterocycles. The summed E-state index contributed by atoms with van der Waals surface area (Å²) in [4.78, 5) is 19.1. The molecule has 6 nitrogen and oxygen atoms in total. The van der Waals surface area contributed by atoms with E-state index >= 15 is 0 Å². The Balaban J connectivity index is 1.78. The predicted octanol–water partition coefficient (Wildman–Crippen LogP) is 1.37. The summed E-state index contributed by atoms with van der Waals surface area (Å²) in [6.45, 7) is 8.56. The highest BCUT2D eigenvalue weighted by Gasteiger charge is 2.32. The fourth-order valence-corrected chi connectivity index (χ4v) is 3.39. The third kappa shape index (κ3) is 5.68. The summed E-state index contributed by atoms with van der Waals surface area (Å²) >= 11 is 0. The first-order chi connectivity index (χ1) is 11.2. The zero-order valence-electron chi connectivity index (χ0n) is 14.6. The molecule has 0 aromatic carbocycles. The van der Waals surface area contributed by atoms with Gasteiger partial charge < -0.3 is 20.3 Å². The Kier molecular flexibility index (Phi) is 7.65. The largest absolute Gasteiger partial charge is 0.380 e. The van der Waals surface area contributed by atoms with Gasteiger partial charge in [-0.25, -0.2) is 0 Å². The van der Waals surface area contributed by atoms with Crippen molar-refractivity contribution in [2.24, 2.45) is 10.9 Å². The van der Waals surface area contributed by atoms with Gasteiger partial charge in [-0.3, -0.25) is 9.79 Å². The Labute approximate surface area is 140 Å². The van der Waals surface area contributed by atoms with Crippen molar-refractivity contribution in [1.82, 2.24) is 15.5 Å². The van der Waals surface area contributed by atoms with Gasteiger partial charge in [-0.1, -0.05) is 12.8 Å². The number of hydrogen-bond donors (Lipinski definition) is 2. The number of rotatable bonds is 7. The minimum absolute atomic E-state index is 0.279. The number of ether oxygens (including phenoxy) is 1. The molecule has 2 N–H and O–H groups in total. The number of guanidine groups is 1. The molecule has 0 aromatic heterocycles. The van der Waals surface area contributed by atoms with E-state index in [1.165, 1.54) is 12.8 Å². The lowest BCUT2D eigenvalue weighted by Crippen LogP contribution is -2.45. The molecule has 0 radical (unpaired) electrons. The van der Waals surface area contributed by atoms with Crippen LogP contribution in [0.4, 0.5) is 0 Å². The van der Waals surface area contributed by atoms with Crippen molar-refractivity contribution < 1.29 is 9.53 Å². The molecule has 2 rings (SSSR count). The lowest BCUT2D eigenvalue weighted by atomic mass is 10.1. The van der Waals surface area contributed by atoms with Gasteiger partial charge in [0.25, 0.3) is 0 Å². The predicted molar refractivity (Wildman–Crippen MR) is 92.6 cm³/mol. The van der Waals surface area contributed by atoms with Gasteiger partial charge in [0.2, 0.25) is 5.91 Å². The second-order valence-corrected chi connectivity index (χ2v) is 6.35. The third-order valence-corrected chi connectivity index (χ3v) is 4.60. The number of nitrogens with one attached hydrogen (secondary N) is 2. The van der Waals surface area contributed by atoms with E-state index in [4.69, 9.17) is 4.74 Å². The van der Waals surface area contributed by atoms with E-state index in [0.717, 1.165) is 51.5 Å². The van der Waals surface area contributed by atoms with E-state index in [0.29, 0.717) is 25.1 Å². The summed E-state index contributed by atoms with van der Waals surface area (Å²) in [5.74, 6) is 1.47. The molecule has 1 saturated heterocycles. The number of nitrogens with zero attached hydrogens (tertiary/aromatic N) is 2. The first-order valence-electron chi connectivity index (χ1n) is 9.16. The SMILES string of the molecule is CCNC(=NCCOCC)NC1CCN(C(=O)C2CCCC2)C1. The molecule has 0 spiro atoms. The van der Waals surface area contributed by atoms with E-state index in [1.54, 1.807) is 0 Å². The molecule has 2 fully saturated rings. The van der Waals surface area contributed by atoms with E-state index in [-0.39, 0.29) is 5.92 Å². The van der Waals surface area contributed by atoms with Crippen LogP contribution in [-0.4, -0.2) is 62.2 Å². The Morgan fingerprint density at radius 3 is 2.74 bits per heavy atom. The van der Waals surface area contributed by atoms with Gasteiger partial charge in [-0.05, 0) is 33.1 Å². The van der Waals surface area contributed by atoms with Crippen molar-refractivity contribution >= 4 is 11.9 Å². The van der Waals surface area contributed by atoms with Crippen molar-refractivity contribution in [2.75, 3.05) is 39.4 Å². The maximum absolute atomic E-state index is 12.5. The first kappa shape index (κ1) is 18.0. The van der Waals surface area contributed by atoms with Crippen molar-refractivity contribution in [3.63, 3.8) is 0 Å². The van der Waals surface area contributed by atoms with Crippen LogP contribution in [0.25, 0.3) is 0 Å². The molecule has 1 unspecified atom stereocenters. The molecular formula is C17H32N4O2. The molecule has 2 aliphatic rings. The van der Waals surface area contributed by atoms with Crippen molar-refractivity contribution in [3.8, 4) is 0 Å². The molecule has 6 heteroatoms. The Morgan fingerprint density at radius 2 is 2.04 bits per heavy atom. The van der Waals surface area contributed by atoms with Crippen LogP contribution in [0.15, 0.2) is 4.99 Å². The van der Waals surface area contributed by atoms with Crippen LogP contribution < -0.4 is 10.6 Å². The molecular weight excluding hydrogens is 292 g/mol. The molecule has 1 amide bonds. The van der Waals surface area contributed by atoms with Crippen LogP contribution in [-0.2, 0) is 9.53 Å². The molecule has 1 aliphatic carbocycles. The van der Waals surface area contributed by atoms with Crippen LogP contribution >= 0.6 is 0 Å². The molecule has 0 aromatic rings. The monoisotopic (exact) mass is 324 g/mol. The number of aliphatic imine (C=N–C) groups is 1. The van der Waals surface area contributed by atoms with Crippen LogP contribution in [0.5, 0.6) is 0 Å². The highest BCUT2D eigenvalue weighted by Crippen LogP contribution is 2.27. The molecule has 1 atom stereocenters. The Bertz CT molecular complexity index is 394. The second-order valence-electron chi connectivity index (χ2n) is 6.35. The van der Waals surface area contributed by atoms with Crippen molar-refractivity contribution in [1.29, 1.82) is 0 Å². The molecule has 23 heavy (non-hydrogen) atoms. The lowest BCUT2D eigenvalue weighted by Gasteiger charge is -2.21. The van der Waals surface area contributed by atoms with Crippen molar-refractivity contribution in [3.05, 3.63) is 0 Å². The number of likely N-dealkylation sites (tertiary alicyclic amines) is 1. The smallest absolute Gasteiger partial charge is 0.225 e. The van der Waals surface area contributed by atoms with Gasteiger partial charge in [-0.15, -0.1) is 0 Å². The summed E-state index contributed by atoms with van der Waals surface area (Å²) in [7, 11) is 0. The van der Waals surface area contributed by atoms with E-state index in [9.17, 15) is 4.79 Å². The van der Waals surface area contributed by atoms with Gasteiger partial charge in [-0.2, -0.15) is 0 Å². The van der Waals surface area contributed by atoms with E-state index in [1.807, 2.05) is 11.8 Å². The summed E-state index contributed by atoms with van der Waals surface area (Å²) < 4.78 is 5.32. The van der Waals surface area contributed by atoms with Crippen LogP contribution in [0.1, 0.15) is 46.0 Å². The molecule has 0 bridgehead atoms. The molecule has 1 saturated carbocycles. The number of carbonyl (C=O) groups excluding carboxylic acids is 1. The number of amides is 1. The van der Waals surface area contributed by atoms with Crippen LogP contribution in [0.2, 0.25) is 0 Å². The topological polar surface area (TPSA) is 66.0 Å². The fraction of sp³-hybridized carbons (Fsp3) is 0.882. The second kappa shape index (κ2) is 9.75. The van der Waals surface area contributed by atoms with Crippen LogP contribution in [0, 0.1) is 5.92 Å². The fourth-order valence-electron chi connectivity index (χ4n) is 3.39. The number of carbonyl (C=O) groups is 1. The zero-order valence-corrected chi connectivity index (χ0v) is 14.6. The van der Waals surface area contributed by atoms with Gasteiger partial charge >= 0.3 is 0 Å². The summed E-state index contributed by atoms with van der Waals surface area (Å²) in [5.41, 5.74) is 0. The molecule has 132 valence electrons. The standard InChI is InChI=1S/C17H32N4O2/c1-3-18-17(19-10-12-23-4-2)20-15-9-11-21(13-15)16(22)14-7-5-6-8-14/h14-15H,3-13H2,1-2H3,(H2,18,19,20). The van der Waals surface area contributed by atoms with Crippen LogP contribution in [0.3, 0.4) is 0 Å². The average molecular weight is 324 g/mol. The zero-order chi connectivity index (χ0) is 16.5. The Hall–Kier alpha value is -1.30.